The molecule has 3 heterocycles. The number of amides is 2. The van der Waals surface area contributed by atoms with Gasteiger partial charge in [0.1, 0.15) is 0 Å². The van der Waals surface area contributed by atoms with E-state index < -0.39 is 23.9 Å². The Hall–Kier alpha value is -1.91. The van der Waals surface area contributed by atoms with Gasteiger partial charge in [-0.15, -0.1) is 0 Å². The van der Waals surface area contributed by atoms with Crippen molar-refractivity contribution in [2.45, 2.75) is 30.7 Å². The molecule has 1 aromatic rings. The second-order valence-corrected chi connectivity index (χ2v) is 6.87. The predicted molar refractivity (Wildman–Crippen MR) is 85.5 cm³/mol. The van der Waals surface area contributed by atoms with E-state index in [0.717, 1.165) is 0 Å². The molecule has 0 radical (unpaired) electrons. The van der Waals surface area contributed by atoms with Crippen LogP contribution in [0.3, 0.4) is 0 Å². The summed E-state index contributed by atoms with van der Waals surface area (Å²) in [5.74, 6) is -4.42. The topological polar surface area (TPSA) is 69.3 Å². The predicted octanol–water partition coefficient (Wildman–Crippen LogP) is 2.88. The van der Waals surface area contributed by atoms with Crippen molar-refractivity contribution in [3.63, 3.8) is 0 Å². The van der Waals surface area contributed by atoms with Gasteiger partial charge in [0.05, 0.1) is 13.2 Å². The van der Waals surface area contributed by atoms with Crippen molar-refractivity contribution in [1.82, 2.24) is 10.2 Å². The zero-order valence-corrected chi connectivity index (χ0v) is 14.7. The first-order valence-corrected chi connectivity index (χ1v) is 8.69. The number of hydrogen-bond acceptors (Lipinski definition) is 5. The Labute approximate surface area is 157 Å². The summed E-state index contributed by atoms with van der Waals surface area (Å²) in [5.41, 5.74) is 0. The number of rotatable bonds is 1. The number of likely N-dealkylation sites (tertiary alicyclic amines) is 1. The van der Waals surface area contributed by atoms with Crippen LogP contribution in [0.15, 0.2) is 18.2 Å². The Bertz CT molecular complexity index is 746. The first-order valence-electron chi connectivity index (χ1n) is 8.31. The second kappa shape index (κ2) is 6.32. The number of carbonyl (C=O) groups excluding carboxylic acids is 1. The van der Waals surface area contributed by atoms with Gasteiger partial charge in [-0.3, -0.25) is 5.32 Å². The lowest BCUT2D eigenvalue weighted by Crippen LogP contribution is -2.67. The summed E-state index contributed by atoms with van der Waals surface area (Å²) in [6.45, 7) is 1.29. The molecule has 148 valence electrons. The molecule has 3 aliphatic heterocycles. The van der Waals surface area contributed by atoms with Crippen molar-refractivity contribution in [2.24, 2.45) is 0 Å². The maximum absolute atomic E-state index is 13.7. The molecule has 1 N–H and O–H groups in total. The van der Waals surface area contributed by atoms with Crippen LogP contribution in [0, 0.1) is 0 Å². The third-order valence-electron chi connectivity index (χ3n) is 4.68. The highest BCUT2D eigenvalue weighted by Crippen LogP contribution is 2.46. The van der Waals surface area contributed by atoms with Gasteiger partial charge in [0.15, 0.2) is 17.3 Å². The van der Waals surface area contributed by atoms with Gasteiger partial charge in [0.2, 0.25) is 0 Å². The van der Waals surface area contributed by atoms with Gasteiger partial charge in [-0.1, -0.05) is 11.6 Å². The minimum absolute atomic E-state index is 0.164. The van der Waals surface area contributed by atoms with E-state index in [1.165, 1.54) is 23.1 Å². The molecule has 27 heavy (non-hydrogen) atoms. The molecule has 1 atom stereocenters. The van der Waals surface area contributed by atoms with Crippen LogP contribution in [-0.4, -0.2) is 55.1 Å². The van der Waals surface area contributed by atoms with E-state index in [-0.39, 0.29) is 29.6 Å². The van der Waals surface area contributed by atoms with Crippen molar-refractivity contribution >= 4 is 17.6 Å². The highest BCUT2D eigenvalue weighted by atomic mass is 35.5. The van der Waals surface area contributed by atoms with E-state index in [9.17, 15) is 18.0 Å². The number of benzene rings is 1. The SMILES string of the molecule is O=C(N[C@@]1(C(F)(F)F)Oc2ccc(Cl)cc2O1)N1CCC2(CC1)OCCO2. The molecule has 0 aliphatic carbocycles. The highest BCUT2D eigenvalue weighted by molar-refractivity contribution is 6.30. The fourth-order valence-electron chi connectivity index (χ4n) is 3.27. The molecule has 0 bridgehead atoms. The zero-order chi connectivity index (χ0) is 19.3. The van der Waals surface area contributed by atoms with E-state index in [1.54, 1.807) is 0 Å². The Morgan fingerprint density at radius 3 is 2.37 bits per heavy atom. The van der Waals surface area contributed by atoms with Crippen molar-refractivity contribution < 1.29 is 36.9 Å². The largest absolute Gasteiger partial charge is 0.492 e. The average molecular weight is 409 g/mol. The van der Waals surface area contributed by atoms with Crippen molar-refractivity contribution in [1.29, 1.82) is 0 Å². The Balaban J connectivity index is 1.48. The average Bonchev–Trinajstić information content (AvgIpc) is 3.19. The minimum Gasteiger partial charge on any atom is -0.424 e. The first-order chi connectivity index (χ1) is 12.7. The summed E-state index contributed by atoms with van der Waals surface area (Å²) in [5, 5.41) is 2.02. The van der Waals surface area contributed by atoms with Crippen molar-refractivity contribution in [3.8, 4) is 11.5 Å². The number of nitrogens with one attached hydrogen (secondary N) is 1. The normalized spacial score (nSPS) is 26.4. The van der Waals surface area contributed by atoms with Gasteiger partial charge in [-0.2, -0.15) is 13.2 Å². The van der Waals surface area contributed by atoms with Crippen LogP contribution in [-0.2, 0) is 9.47 Å². The number of hydrogen-bond donors (Lipinski definition) is 1. The third-order valence-corrected chi connectivity index (χ3v) is 4.92. The number of alkyl halides is 3. The van der Waals surface area contributed by atoms with E-state index >= 15 is 0 Å². The standard InChI is InChI=1S/C16H16ClF3N2O5/c17-10-1-2-11-12(9-10)27-16(26-11,15(18,19)20)21-13(23)22-5-3-14(4-6-22)24-7-8-25-14/h1-2,9H,3-8H2,(H,21,23)/t16-/m0/s1. The number of carbonyl (C=O) groups is 1. The van der Waals surface area contributed by atoms with Crippen molar-refractivity contribution in [3.05, 3.63) is 23.2 Å². The smallest absolute Gasteiger partial charge is 0.424 e. The molecule has 0 aromatic heterocycles. The minimum atomic E-state index is -5.02. The first kappa shape index (κ1) is 18.5. The Morgan fingerprint density at radius 1 is 1.11 bits per heavy atom. The van der Waals surface area contributed by atoms with Crippen LogP contribution in [0.1, 0.15) is 12.8 Å². The fourth-order valence-corrected chi connectivity index (χ4v) is 3.43. The maximum Gasteiger partial charge on any atom is 0.492 e. The number of halogens is 4. The van der Waals surface area contributed by atoms with Gasteiger partial charge < -0.3 is 23.8 Å². The Morgan fingerprint density at radius 2 is 1.74 bits per heavy atom. The second-order valence-electron chi connectivity index (χ2n) is 6.43. The molecule has 0 unspecified atom stereocenters. The molecular weight excluding hydrogens is 393 g/mol. The molecule has 3 aliphatic rings. The van der Waals surface area contributed by atoms with Gasteiger partial charge in [0, 0.05) is 37.0 Å². The number of fused-ring (bicyclic) bond motifs is 1. The van der Waals surface area contributed by atoms with Gasteiger partial charge in [0.25, 0.3) is 0 Å². The Kier molecular flexibility index (Phi) is 4.32. The molecule has 4 rings (SSSR count). The fraction of sp³-hybridized carbons (Fsp3) is 0.562. The van der Waals surface area contributed by atoms with E-state index in [4.69, 9.17) is 30.5 Å². The van der Waals surface area contributed by atoms with E-state index in [1.807, 2.05) is 5.32 Å². The maximum atomic E-state index is 13.7. The lowest BCUT2D eigenvalue weighted by atomic mass is 10.0. The summed E-state index contributed by atoms with van der Waals surface area (Å²) in [6, 6.07) is 2.84. The molecular formula is C16H16ClF3N2O5. The molecule has 7 nitrogen and oxygen atoms in total. The molecule has 2 saturated heterocycles. The van der Waals surface area contributed by atoms with Crippen LogP contribution >= 0.6 is 11.6 Å². The van der Waals surface area contributed by atoms with Crippen LogP contribution in [0.4, 0.5) is 18.0 Å². The zero-order valence-electron chi connectivity index (χ0n) is 14.0. The van der Waals surface area contributed by atoms with Gasteiger partial charge >= 0.3 is 18.1 Å². The number of nitrogens with zero attached hydrogens (tertiary/aromatic N) is 1. The lowest BCUT2D eigenvalue weighted by molar-refractivity contribution is -0.318. The molecule has 2 amide bonds. The molecule has 0 saturated carbocycles. The number of piperidine rings is 1. The third kappa shape index (κ3) is 3.26. The molecule has 1 aromatic carbocycles. The van der Waals surface area contributed by atoms with Crippen LogP contribution < -0.4 is 14.8 Å². The summed E-state index contributed by atoms with van der Waals surface area (Å²) in [7, 11) is 0. The number of urea groups is 1. The summed E-state index contributed by atoms with van der Waals surface area (Å²) in [6.07, 6.45) is -4.28. The summed E-state index contributed by atoms with van der Waals surface area (Å²) in [4.78, 5) is 13.7. The number of ether oxygens (including phenoxy) is 4. The van der Waals surface area contributed by atoms with E-state index in [0.29, 0.717) is 26.1 Å². The quantitative estimate of drug-likeness (QED) is 0.774. The van der Waals surface area contributed by atoms with Crippen LogP contribution in [0.25, 0.3) is 0 Å². The van der Waals surface area contributed by atoms with E-state index in [2.05, 4.69) is 0 Å². The van der Waals surface area contributed by atoms with Crippen LogP contribution in [0.2, 0.25) is 5.02 Å². The highest BCUT2D eigenvalue weighted by Gasteiger charge is 2.66. The molecule has 11 heteroatoms. The van der Waals surface area contributed by atoms with Gasteiger partial charge in [-0.05, 0) is 12.1 Å². The van der Waals surface area contributed by atoms with Crippen molar-refractivity contribution in [2.75, 3.05) is 26.3 Å². The monoisotopic (exact) mass is 408 g/mol. The summed E-state index contributed by atoms with van der Waals surface area (Å²) < 4.78 is 62.1. The summed E-state index contributed by atoms with van der Waals surface area (Å²) >= 11 is 5.78. The van der Waals surface area contributed by atoms with Crippen LogP contribution in [0.5, 0.6) is 11.5 Å². The molecule has 2 fully saturated rings. The van der Waals surface area contributed by atoms with Gasteiger partial charge in [-0.25, -0.2) is 4.79 Å². The molecule has 1 spiro atoms. The lowest BCUT2D eigenvalue weighted by Gasteiger charge is -2.39.